The van der Waals surface area contributed by atoms with E-state index in [1.165, 1.54) is 0 Å². The standard InChI is InChI=1S/C11H12O.H3O3P.H2O/c1-3-6-10-9(4-2)7-5-8-11(10)12;1-4(2)3;/h3-5,7-8,12H,1-2,6H2;4H,(H2,1,2,3);1H2. The third kappa shape index (κ3) is 7.49. The molecule has 1 aromatic rings. The average Bonchev–Trinajstić information content (AvgIpc) is 2.20. The minimum atomic E-state index is -3.13. The molecule has 0 fully saturated rings. The lowest BCUT2D eigenvalue weighted by Gasteiger charge is -2.04. The van der Waals surface area contributed by atoms with Gasteiger partial charge in [0.05, 0.1) is 0 Å². The summed E-state index contributed by atoms with van der Waals surface area (Å²) in [6.45, 7) is 7.30. The lowest BCUT2D eigenvalue weighted by Crippen LogP contribution is -1.86. The van der Waals surface area contributed by atoms with E-state index < -0.39 is 8.25 Å². The zero-order valence-electron chi connectivity index (χ0n) is 9.26. The lowest BCUT2D eigenvalue weighted by molar-refractivity contribution is 0.405. The van der Waals surface area contributed by atoms with Crippen molar-refractivity contribution in [2.75, 3.05) is 0 Å². The van der Waals surface area contributed by atoms with Gasteiger partial charge in [0, 0.05) is 5.56 Å². The zero-order valence-corrected chi connectivity index (χ0v) is 10.3. The van der Waals surface area contributed by atoms with Crippen molar-refractivity contribution in [1.29, 1.82) is 0 Å². The van der Waals surface area contributed by atoms with Gasteiger partial charge in [-0.2, -0.15) is 0 Å². The number of phenols is 1. The third-order valence-electron chi connectivity index (χ3n) is 1.76. The van der Waals surface area contributed by atoms with Crippen LogP contribution >= 0.6 is 8.25 Å². The van der Waals surface area contributed by atoms with Gasteiger partial charge in [0.25, 0.3) is 0 Å². The minimum Gasteiger partial charge on any atom is -0.508 e. The van der Waals surface area contributed by atoms with E-state index in [0.717, 1.165) is 11.1 Å². The van der Waals surface area contributed by atoms with Crippen LogP contribution in [0.3, 0.4) is 0 Å². The molecule has 0 aliphatic heterocycles. The van der Waals surface area contributed by atoms with Gasteiger partial charge in [0.1, 0.15) is 5.75 Å². The number of allylic oxidation sites excluding steroid dienone is 1. The number of phenolic OH excluding ortho intramolecular Hbond substituents is 1. The molecule has 5 N–H and O–H groups in total. The summed E-state index contributed by atoms with van der Waals surface area (Å²) in [5.41, 5.74) is 1.86. The molecule has 1 aromatic carbocycles. The first-order valence-corrected chi connectivity index (χ1v) is 5.79. The predicted octanol–water partition coefficient (Wildman–Crippen LogP) is 1.30. The molecule has 6 heteroatoms. The van der Waals surface area contributed by atoms with E-state index in [1.54, 1.807) is 24.3 Å². The Morgan fingerprint density at radius 1 is 1.29 bits per heavy atom. The van der Waals surface area contributed by atoms with Crippen molar-refractivity contribution in [3.63, 3.8) is 0 Å². The molecule has 0 atom stereocenters. The first-order valence-electron chi connectivity index (χ1n) is 4.49. The van der Waals surface area contributed by atoms with E-state index in [2.05, 4.69) is 13.2 Å². The van der Waals surface area contributed by atoms with E-state index in [4.69, 9.17) is 14.4 Å². The summed E-state index contributed by atoms with van der Waals surface area (Å²) in [6, 6.07) is 5.40. The molecule has 17 heavy (non-hydrogen) atoms. The average molecular weight is 260 g/mol. The highest BCUT2D eigenvalue weighted by Crippen LogP contribution is 2.22. The molecule has 1 rings (SSSR count). The molecular weight excluding hydrogens is 243 g/mol. The van der Waals surface area contributed by atoms with Gasteiger partial charge in [0.15, 0.2) is 0 Å². The van der Waals surface area contributed by atoms with Gasteiger partial charge in [-0.25, -0.2) is 0 Å². The monoisotopic (exact) mass is 260 g/mol. The molecule has 0 radical (unpaired) electrons. The summed E-state index contributed by atoms with van der Waals surface area (Å²) < 4.78 is 8.74. The Morgan fingerprint density at radius 3 is 2.24 bits per heavy atom. The maximum atomic E-state index is 9.46. The highest BCUT2D eigenvalue weighted by atomic mass is 31.1. The molecule has 0 aliphatic rings. The zero-order chi connectivity index (χ0) is 12.6. The maximum Gasteiger partial charge on any atom is 0.314 e. The Balaban J connectivity index is 0. The van der Waals surface area contributed by atoms with Crippen molar-refractivity contribution in [1.82, 2.24) is 0 Å². The first kappa shape index (κ1) is 18.0. The van der Waals surface area contributed by atoms with E-state index in [1.807, 2.05) is 6.07 Å². The second-order valence-electron chi connectivity index (χ2n) is 2.82. The van der Waals surface area contributed by atoms with E-state index in [-0.39, 0.29) is 5.48 Å². The third-order valence-corrected chi connectivity index (χ3v) is 1.76. The molecule has 5 nitrogen and oxygen atoms in total. The van der Waals surface area contributed by atoms with Gasteiger partial charge in [-0.15, -0.1) is 6.58 Å². The largest absolute Gasteiger partial charge is 0.508 e. The fourth-order valence-corrected chi connectivity index (χ4v) is 1.15. The van der Waals surface area contributed by atoms with Crippen LogP contribution in [0.4, 0.5) is 0 Å². The van der Waals surface area contributed by atoms with Crippen LogP contribution in [0.15, 0.2) is 37.4 Å². The summed E-state index contributed by atoms with van der Waals surface area (Å²) in [5.74, 6) is 0.312. The normalized spacial score (nSPS) is 8.65. The summed E-state index contributed by atoms with van der Waals surface area (Å²) in [5, 5.41) is 9.46. The summed E-state index contributed by atoms with van der Waals surface area (Å²) in [4.78, 5) is 14.3. The van der Waals surface area contributed by atoms with Crippen molar-refractivity contribution >= 4 is 14.3 Å². The second-order valence-corrected chi connectivity index (χ2v) is 3.39. The summed E-state index contributed by atoms with van der Waals surface area (Å²) in [7, 11) is -3.13. The van der Waals surface area contributed by atoms with Gasteiger partial charge in [-0.3, -0.25) is 4.57 Å². The molecule has 0 aliphatic carbocycles. The molecule has 0 saturated heterocycles. The summed E-state index contributed by atoms with van der Waals surface area (Å²) in [6.07, 6.45) is 4.18. The fraction of sp³-hybridized carbons (Fsp3) is 0.0909. The number of aromatic hydroxyl groups is 1. The van der Waals surface area contributed by atoms with Crippen LogP contribution < -0.4 is 0 Å². The van der Waals surface area contributed by atoms with Gasteiger partial charge in [-0.05, 0) is 18.1 Å². The Morgan fingerprint density at radius 2 is 1.82 bits per heavy atom. The Labute approximate surface area is 101 Å². The molecule has 0 bridgehead atoms. The van der Waals surface area contributed by atoms with Crippen molar-refractivity contribution in [2.24, 2.45) is 0 Å². The molecule has 0 unspecified atom stereocenters. The van der Waals surface area contributed by atoms with Gasteiger partial charge < -0.3 is 20.4 Å². The quantitative estimate of drug-likeness (QED) is 0.562. The second kappa shape index (κ2) is 9.81. The molecule has 0 heterocycles. The molecule has 0 amide bonds. The fourth-order valence-electron chi connectivity index (χ4n) is 1.15. The van der Waals surface area contributed by atoms with Crippen LogP contribution in [0.2, 0.25) is 0 Å². The number of benzene rings is 1. The van der Waals surface area contributed by atoms with E-state index in [0.29, 0.717) is 12.2 Å². The number of hydrogen-bond acceptors (Lipinski definition) is 2. The first-order chi connectivity index (χ1) is 7.52. The van der Waals surface area contributed by atoms with Crippen molar-refractivity contribution in [3.05, 3.63) is 48.6 Å². The topological polar surface area (TPSA) is 109 Å². The molecular formula is C11H17O5P. The maximum absolute atomic E-state index is 9.46. The minimum absolute atomic E-state index is 0. The Hall–Kier alpha value is -1.39. The van der Waals surface area contributed by atoms with Crippen LogP contribution in [0.5, 0.6) is 5.75 Å². The highest BCUT2D eigenvalue weighted by molar-refractivity contribution is 7.30. The number of rotatable bonds is 3. The molecule has 96 valence electrons. The van der Waals surface area contributed by atoms with Crippen LogP contribution in [0, 0.1) is 0 Å². The van der Waals surface area contributed by atoms with Crippen molar-refractivity contribution in [3.8, 4) is 5.75 Å². The molecule has 0 spiro atoms. The molecule has 0 aromatic heterocycles. The van der Waals surface area contributed by atoms with Gasteiger partial charge in [0.2, 0.25) is 0 Å². The highest BCUT2D eigenvalue weighted by Gasteiger charge is 2.01. The van der Waals surface area contributed by atoms with Crippen LogP contribution in [0.1, 0.15) is 11.1 Å². The van der Waals surface area contributed by atoms with Gasteiger partial charge in [-0.1, -0.05) is 30.9 Å². The predicted molar refractivity (Wildman–Crippen MR) is 69.2 cm³/mol. The van der Waals surface area contributed by atoms with E-state index in [9.17, 15) is 5.11 Å². The summed E-state index contributed by atoms with van der Waals surface area (Å²) >= 11 is 0. The van der Waals surface area contributed by atoms with E-state index >= 15 is 0 Å². The number of hydrogen-bond donors (Lipinski definition) is 3. The SMILES string of the molecule is C=CCc1c(O)cccc1C=C.O.O=[PH](O)O. The smallest absolute Gasteiger partial charge is 0.314 e. The van der Waals surface area contributed by atoms with Crippen molar-refractivity contribution in [2.45, 2.75) is 6.42 Å². The van der Waals surface area contributed by atoms with Crippen molar-refractivity contribution < 1.29 is 24.9 Å². The van der Waals surface area contributed by atoms with Gasteiger partial charge >= 0.3 is 8.25 Å². The van der Waals surface area contributed by atoms with Crippen LogP contribution in [-0.2, 0) is 11.0 Å². The Kier molecular flexibility index (Phi) is 10.4. The van der Waals surface area contributed by atoms with Crippen LogP contribution in [0.25, 0.3) is 6.08 Å². The lowest BCUT2D eigenvalue weighted by atomic mass is 10.0. The van der Waals surface area contributed by atoms with Crippen LogP contribution in [-0.4, -0.2) is 20.4 Å². The Bertz CT molecular complexity index is 385. The molecule has 0 saturated carbocycles.